The van der Waals surface area contributed by atoms with Crippen LogP contribution in [0.4, 0.5) is 5.69 Å². The van der Waals surface area contributed by atoms with Crippen molar-refractivity contribution in [2.24, 2.45) is 0 Å². The van der Waals surface area contributed by atoms with Gasteiger partial charge in [0.25, 0.3) is 5.91 Å². The first kappa shape index (κ1) is 20.7. The van der Waals surface area contributed by atoms with E-state index in [-0.39, 0.29) is 12.5 Å². The SMILES string of the molecule is Cc1ccc(NC(=O)COC(=O)[C@@H](Sc2ccccc2)c2ccccc2)cc1C. The van der Waals surface area contributed by atoms with E-state index in [0.29, 0.717) is 5.69 Å². The molecule has 3 rings (SSSR count). The van der Waals surface area contributed by atoms with E-state index < -0.39 is 11.2 Å². The van der Waals surface area contributed by atoms with Crippen molar-refractivity contribution in [3.8, 4) is 0 Å². The van der Waals surface area contributed by atoms with E-state index in [9.17, 15) is 9.59 Å². The zero-order chi connectivity index (χ0) is 20.6. The number of esters is 1. The number of nitrogens with one attached hydrogen (secondary N) is 1. The zero-order valence-corrected chi connectivity index (χ0v) is 17.2. The first-order valence-corrected chi connectivity index (χ1v) is 10.2. The lowest BCUT2D eigenvalue weighted by Gasteiger charge is -2.16. The second-order valence-corrected chi connectivity index (χ2v) is 7.86. The Morgan fingerprint density at radius 3 is 2.21 bits per heavy atom. The molecular formula is C24H23NO3S. The van der Waals surface area contributed by atoms with Gasteiger partial charge in [0, 0.05) is 10.6 Å². The van der Waals surface area contributed by atoms with Crippen LogP contribution in [0.1, 0.15) is 21.9 Å². The fraction of sp³-hybridized carbons (Fsp3) is 0.167. The summed E-state index contributed by atoms with van der Waals surface area (Å²) in [6, 6.07) is 24.8. The monoisotopic (exact) mass is 405 g/mol. The largest absolute Gasteiger partial charge is 0.454 e. The molecule has 0 heterocycles. The summed E-state index contributed by atoms with van der Waals surface area (Å²) in [5.41, 5.74) is 3.76. The topological polar surface area (TPSA) is 55.4 Å². The molecule has 0 fully saturated rings. The number of benzene rings is 3. The molecule has 0 saturated heterocycles. The highest BCUT2D eigenvalue weighted by molar-refractivity contribution is 8.00. The molecule has 148 valence electrons. The number of hydrogen-bond acceptors (Lipinski definition) is 4. The van der Waals surface area contributed by atoms with E-state index in [1.54, 1.807) is 0 Å². The maximum absolute atomic E-state index is 12.8. The van der Waals surface area contributed by atoms with Crippen molar-refractivity contribution >= 4 is 29.3 Å². The lowest BCUT2D eigenvalue weighted by atomic mass is 10.1. The molecule has 0 bridgehead atoms. The molecule has 4 nitrogen and oxygen atoms in total. The first-order chi connectivity index (χ1) is 14.0. The molecule has 3 aromatic rings. The minimum atomic E-state index is -0.548. The van der Waals surface area contributed by atoms with Gasteiger partial charge >= 0.3 is 5.97 Å². The molecule has 0 spiro atoms. The quantitative estimate of drug-likeness (QED) is 0.427. The number of thioether (sulfide) groups is 1. The maximum atomic E-state index is 12.8. The van der Waals surface area contributed by atoms with Gasteiger partial charge in [-0.3, -0.25) is 9.59 Å². The Morgan fingerprint density at radius 2 is 1.55 bits per heavy atom. The Labute approximate surface area is 175 Å². The number of amides is 1. The predicted molar refractivity (Wildman–Crippen MR) is 117 cm³/mol. The van der Waals surface area contributed by atoms with E-state index in [1.807, 2.05) is 92.7 Å². The Kier molecular flexibility index (Phi) is 7.09. The van der Waals surface area contributed by atoms with E-state index in [2.05, 4.69) is 5.32 Å². The van der Waals surface area contributed by atoms with Crippen LogP contribution in [0, 0.1) is 13.8 Å². The number of anilines is 1. The molecule has 3 aromatic carbocycles. The van der Waals surface area contributed by atoms with Gasteiger partial charge in [0.2, 0.25) is 0 Å². The molecule has 0 saturated carbocycles. The molecule has 29 heavy (non-hydrogen) atoms. The Hall–Kier alpha value is -3.05. The second kappa shape index (κ2) is 9.94. The van der Waals surface area contributed by atoms with Crippen LogP contribution < -0.4 is 5.32 Å². The number of ether oxygens (including phenoxy) is 1. The molecule has 0 unspecified atom stereocenters. The average Bonchev–Trinajstić information content (AvgIpc) is 2.74. The fourth-order valence-corrected chi connectivity index (χ4v) is 3.79. The summed E-state index contributed by atoms with van der Waals surface area (Å²) in [6.07, 6.45) is 0. The van der Waals surface area contributed by atoms with E-state index >= 15 is 0 Å². The highest BCUT2D eigenvalue weighted by atomic mass is 32.2. The van der Waals surface area contributed by atoms with Crippen LogP contribution in [0.5, 0.6) is 0 Å². The van der Waals surface area contributed by atoms with E-state index in [4.69, 9.17) is 4.74 Å². The Balaban J connectivity index is 1.64. The molecule has 0 aliphatic carbocycles. The fourth-order valence-electron chi connectivity index (χ4n) is 2.74. The summed E-state index contributed by atoms with van der Waals surface area (Å²) < 4.78 is 5.35. The minimum absolute atomic E-state index is 0.329. The van der Waals surface area contributed by atoms with Crippen LogP contribution in [0.2, 0.25) is 0 Å². The van der Waals surface area contributed by atoms with Crippen LogP contribution in [-0.4, -0.2) is 18.5 Å². The van der Waals surface area contributed by atoms with Crippen molar-refractivity contribution in [2.45, 2.75) is 24.0 Å². The first-order valence-electron chi connectivity index (χ1n) is 9.33. The van der Waals surface area contributed by atoms with Crippen molar-refractivity contribution in [2.75, 3.05) is 11.9 Å². The second-order valence-electron chi connectivity index (χ2n) is 6.68. The van der Waals surface area contributed by atoms with Gasteiger partial charge in [-0.25, -0.2) is 0 Å². The van der Waals surface area contributed by atoms with Gasteiger partial charge in [-0.1, -0.05) is 54.6 Å². The smallest absolute Gasteiger partial charge is 0.324 e. The molecule has 1 amide bonds. The highest BCUT2D eigenvalue weighted by Crippen LogP contribution is 2.36. The molecule has 1 atom stereocenters. The standard InChI is InChI=1S/C24H23NO3S/c1-17-13-14-20(15-18(17)2)25-22(26)16-28-24(27)23(19-9-5-3-6-10-19)29-21-11-7-4-8-12-21/h3-15,23H,16H2,1-2H3,(H,25,26)/t23-/m0/s1. The van der Waals surface area contributed by atoms with Crippen LogP contribution in [0.3, 0.4) is 0 Å². The van der Waals surface area contributed by atoms with Gasteiger partial charge in [0.1, 0.15) is 5.25 Å². The minimum Gasteiger partial charge on any atom is -0.454 e. The molecule has 0 aromatic heterocycles. The van der Waals surface area contributed by atoms with Crippen molar-refractivity contribution in [1.29, 1.82) is 0 Å². The molecule has 0 aliphatic rings. The molecule has 0 aliphatic heterocycles. The number of carbonyl (C=O) groups is 2. The third-order valence-corrected chi connectivity index (χ3v) is 5.69. The molecule has 0 radical (unpaired) electrons. The maximum Gasteiger partial charge on any atom is 0.324 e. The number of aryl methyl sites for hydroxylation is 2. The van der Waals surface area contributed by atoms with Gasteiger partial charge in [-0.15, -0.1) is 11.8 Å². The van der Waals surface area contributed by atoms with Crippen LogP contribution in [0.25, 0.3) is 0 Å². The van der Waals surface area contributed by atoms with Gasteiger partial charge in [0.05, 0.1) is 0 Å². The van der Waals surface area contributed by atoms with Crippen LogP contribution >= 0.6 is 11.8 Å². The van der Waals surface area contributed by atoms with Gasteiger partial charge in [0.15, 0.2) is 6.61 Å². The van der Waals surface area contributed by atoms with Crippen molar-refractivity contribution in [3.05, 3.63) is 95.6 Å². The third kappa shape index (κ3) is 5.96. The highest BCUT2D eigenvalue weighted by Gasteiger charge is 2.24. The summed E-state index contributed by atoms with van der Waals surface area (Å²) in [7, 11) is 0. The summed E-state index contributed by atoms with van der Waals surface area (Å²) >= 11 is 1.40. The van der Waals surface area contributed by atoms with Gasteiger partial charge in [-0.05, 0) is 54.8 Å². The molecule has 5 heteroatoms. The van der Waals surface area contributed by atoms with Crippen molar-refractivity contribution < 1.29 is 14.3 Å². The van der Waals surface area contributed by atoms with E-state index in [1.165, 1.54) is 11.8 Å². The van der Waals surface area contributed by atoms with Gasteiger partial charge in [-0.2, -0.15) is 0 Å². The van der Waals surface area contributed by atoms with E-state index in [0.717, 1.165) is 21.6 Å². The van der Waals surface area contributed by atoms with Crippen LogP contribution in [-0.2, 0) is 14.3 Å². The zero-order valence-electron chi connectivity index (χ0n) is 16.4. The summed E-state index contributed by atoms with van der Waals surface area (Å²) in [5.74, 6) is -0.807. The van der Waals surface area contributed by atoms with Crippen LogP contribution in [0.15, 0.2) is 83.8 Å². The number of hydrogen-bond donors (Lipinski definition) is 1. The third-order valence-electron chi connectivity index (χ3n) is 4.45. The lowest BCUT2D eigenvalue weighted by molar-refractivity contribution is -0.146. The number of carbonyl (C=O) groups excluding carboxylic acids is 2. The molecular weight excluding hydrogens is 382 g/mol. The van der Waals surface area contributed by atoms with Crippen molar-refractivity contribution in [3.63, 3.8) is 0 Å². The summed E-state index contributed by atoms with van der Waals surface area (Å²) in [5, 5.41) is 2.22. The van der Waals surface area contributed by atoms with Crippen molar-refractivity contribution in [1.82, 2.24) is 0 Å². The number of rotatable bonds is 7. The lowest BCUT2D eigenvalue weighted by Crippen LogP contribution is -2.23. The summed E-state index contributed by atoms with van der Waals surface area (Å²) in [4.78, 5) is 26.0. The normalized spacial score (nSPS) is 11.5. The molecule has 1 N–H and O–H groups in total. The van der Waals surface area contributed by atoms with Gasteiger partial charge < -0.3 is 10.1 Å². The summed E-state index contributed by atoms with van der Waals surface area (Å²) in [6.45, 7) is 3.66. The predicted octanol–water partition coefficient (Wildman–Crippen LogP) is 5.32. The Morgan fingerprint density at radius 1 is 0.897 bits per heavy atom. The Bertz CT molecular complexity index is 974. The average molecular weight is 406 g/mol.